The third-order valence-electron chi connectivity index (χ3n) is 2.82. The Bertz CT molecular complexity index is 595. The standard InChI is InChI=1S/C14H18N4O3/c1-3-21-14(20)6-11(19)8-18-9-13(16-17-18)12-5-4-10(2)7-15-12/h4-5,7,9,11,19H,3,6,8H2,1-2H3/t11-/m0/s1. The summed E-state index contributed by atoms with van der Waals surface area (Å²) >= 11 is 0. The van der Waals surface area contributed by atoms with Crippen LogP contribution in [-0.2, 0) is 16.1 Å². The molecule has 7 nitrogen and oxygen atoms in total. The highest BCUT2D eigenvalue weighted by atomic mass is 16.5. The monoisotopic (exact) mass is 290 g/mol. The van der Waals surface area contributed by atoms with E-state index in [1.54, 1.807) is 19.3 Å². The lowest BCUT2D eigenvalue weighted by Crippen LogP contribution is -2.21. The minimum absolute atomic E-state index is 0.0637. The van der Waals surface area contributed by atoms with Crippen molar-refractivity contribution in [3.8, 4) is 11.4 Å². The molecule has 0 fully saturated rings. The van der Waals surface area contributed by atoms with E-state index in [1.165, 1.54) is 4.68 Å². The predicted molar refractivity (Wildman–Crippen MR) is 75.2 cm³/mol. The summed E-state index contributed by atoms with van der Waals surface area (Å²) in [7, 11) is 0. The van der Waals surface area contributed by atoms with Crippen LogP contribution in [0.5, 0.6) is 0 Å². The molecule has 0 aliphatic heterocycles. The van der Waals surface area contributed by atoms with Crippen molar-refractivity contribution in [3.05, 3.63) is 30.1 Å². The van der Waals surface area contributed by atoms with E-state index in [0.717, 1.165) is 5.56 Å². The zero-order valence-corrected chi connectivity index (χ0v) is 12.1. The maximum absolute atomic E-state index is 11.3. The van der Waals surface area contributed by atoms with Gasteiger partial charge < -0.3 is 9.84 Å². The van der Waals surface area contributed by atoms with Crippen LogP contribution in [0.2, 0.25) is 0 Å². The topological polar surface area (TPSA) is 90.1 Å². The Labute approximate surface area is 122 Å². The first-order valence-electron chi connectivity index (χ1n) is 6.75. The summed E-state index contributed by atoms with van der Waals surface area (Å²) in [5.41, 5.74) is 2.40. The van der Waals surface area contributed by atoms with Gasteiger partial charge in [0.2, 0.25) is 0 Å². The Balaban J connectivity index is 1.96. The van der Waals surface area contributed by atoms with E-state index in [1.807, 2.05) is 19.1 Å². The molecule has 21 heavy (non-hydrogen) atoms. The van der Waals surface area contributed by atoms with Crippen LogP contribution in [-0.4, -0.2) is 43.8 Å². The van der Waals surface area contributed by atoms with Crippen molar-refractivity contribution in [1.82, 2.24) is 20.0 Å². The van der Waals surface area contributed by atoms with Crippen molar-refractivity contribution >= 4 is 5.97 Å². The second-order valence-electron chi connectivity index (χ2n) is 4.71. The third-order valence-corrected chi connectivity index (χ3v) is 2.82. The summed E-state index contributed by atoms with van der Waals surface area (Å²) in [5, 5.41) is 17.7. The van der Waals surface area contributed by atoms with Crippen LogP contribution < -0.4 is 0 Å². The lowest BCUT2D eigenvalue weighted by Gasteiger charge is -2.08. The van der Waals surface area contributed by atoms with Crippen molar-refractivity contribution in [2.24, 2.45) is 0 Å². The Morgan fingerprint density at radius 2 is 2.24 bits per heavy atom. The summed E-state index contributed by atoms with van der Waals surface area (Å²) in [5.74, 6) is -0.425. The molecule has 2 rings (SSSR count). The van der Waals surface area contributed by atoms with Crippen LogP contribution in [0, 0.1) is 6.92 Å². The van der Waals surface area contributed by atoms with Gasteiger partial charge in [-0.1, -0.05) is 11.3 Å². The molecule has 0 aliphatic carbocycles. The number of esters is 1. The van der Waals surface area contributed by atoms with E-state index in [2.05, 4.69) is 15.3 Å². The molecule has 0 bridgehead atoms. The Morgan fingerprint density at radius 3 is 2.90 bits per heavy atom. The molecule has 0 aromatic carbocycles. The molecular weight excluding hydrogens is 272 g/mol. The number of pyridine rings is 1. The number of carbonyl (C=O) groups is 1. The first-order chi connectivity index (χ1) is 10.1. The van der Waals surface area contributed by atoms with E-state index in [4.69, 9.17) is 4.74 Å². The number of nitrogens with zero attached hydrogens (tertiary/aromatic N) is 4. The molecule has 2 heterocycles. The molecule has 0 amide bonds. The minimum Gasteiger partial charge on any atom is -0.466 e. The van der Waals surface area contributed by atoms with Crippen LogP contribution in [0.15, 0.2) is 24.5 Å². The smallest absolute Gasteiger partial charge is 0.308 e. The number of ether oxygens (including phenoxy) is 1. The fraction of sp³-hybridized carbons (Fsp3) is 0.429. The Hall–Kier alpha value is -2.28. The zero-order valence-electron chi connectivity index (χ0n) is 12.1. The summed E-state index contributed by atoms with van der Waals surface area (Å²) in [6, 6.07) is 3.80. The van der Waals surface area contributed by atoms with Gasteiger partial charge in [-0.25, -0.2) is 4.68 Å². The van der Waals surface area contributed by atoms with Gasteiger partial charge in [-0.2, -0.15) is 0 Å². The lowest BCUT2D eigenvalue weighted by molar-refractivity contribution is -0.145. The van der Waals surface area contributed by atoms with Gasteiger partial charge in [-0.15, -0.1) is 5.10 Å². The van der Waals surface area contributed by atoms with E-state index in [0.29, 0.717) is 18.0 Å². The second-order valence-corrected chi connectivity index (χ2v) is 4.71. The first kappa shape index (κ1) is 15.1. The van der Waals surface area contributed by atoms with Gasteiger partial charge in [0.05, 0.1) is 37.6 Å². The molecule has 0 spiro atoms. The molecule has 1 N–H and O–H groups in total. The third kappa shape index (κ3) is 4.35. The zero-order chi connectivity index (χ0) is 15.2. The SMILES string of the molecule is CCOC(=O)C[C@H](O)Cn1cc(-c2ccc(C)cn2)nn1. The molecule has 0 aliphatic rings. The molecule has 0 radical (unpaired) electrons. The van der Waals surface area contributed by atoms with Crippen LogP contribution in [0.4, 0.5) is 0 Å². The van der Waals surface area contributed by atoms with E-state index >= 15 is 0 Å². The summed E-state index contributed by atoms with van der Waals surface area (Å²) in [6.45, 7) is 4.16. The summed E-state index contributed by atoms with van der Waals surface area (Å²) in [4.78, 5) is 15.5. The quantitative estimate of drug-likeness (QED) is 0.797. The summed E-state index contributed by atoms with van der Waals surface area (Å²) < 4.78 is 6.27. The molecule has 112 valence electrons. The average molecular weight is 290 g/mol. The van der Waals surface area contributed by atoms with E-state index < -0.39 is 12.1 Å². The highest BCUT2D eigenvalue weighted by Crippen LogP contribution is 2.13. The number of aryl methyl sites for hydroxylation is 1. The number of carbonyl (C=O) groups excluding carboxylic acids is 1. The lowest BCUT2D eigenvalue weighted by atomic mass is 10.2. The molecule has 1 atom stereocenters. The molecule has 2 aromatic rings. The van der Waals surface area contributed by atoms with Gasteiger partial charge in [0.25, 0.3) is 0 Å². The van der Waals surface area contributed by atoms with Crippen LogP contribution in [0.1, 0.15) is 18.9 Å². The van der Waals surface area contributed by atoms with Gasteiger partial charge in [0.15, 0.2) is 0 Å². The van der Waals surface area contributed by atoms with Crippen LogP contribution in [0.25, 0.3) is 11.4 Å². The number of hydrogen-bond acceptors (Lipinski definition) is 6. The molecule has 0 saturated heterocycles. The van der Waals surface area contributed by atoms with E-state index in [-0.39, 0.29) is 13.0 Å². The Morgan fingerprint density at radius 1 is 1.43 bits per heavy atom. The maximum Gasteiger partial charge on any atom is 0.308 e. The van der Waals surface area contributed by atoms with Crippen molar-refractivity contribution < 1.29 is 14.6 Å². The van der Waals surface area contributed by atoms with Crippen molar-refractivity contribution in [2.75, 3.05) is 6.61 Å². The van der Waals surface area contributed by atoms with Gasteiger partial charge in [0, 0.05) is 6.20 Å². The van der Waals surface area contributed by atoms with Gasteiger partial charge >= 0.3 is 5.97 Å². The van der Waals surface area contributed by atoms with E-state index in [9.17, 15) is 9.90 Å². The van der Waals surface area contributed by atoms with Gasteiger partial charge in [-0.3, -0.25) is 9.78 Å². The average Bonchev–Trinajstić information content (AvgIpc) is 2.88. The van der Waals surface area contributed by atoms with Gasteiger partial charge in [0.1, 0.15) is 5.69 Å². The largest absolute Gasteiger partial charge is 0.466 e. The highest BCUT2D eigenvalue weighted by Gasteiger charge is 2.14. The molecule has 2 aromatic heterocycles. The van der Waals surface area contributed by atoms with Crippen LogP contribution in [0.3, 0.4) is 0 Å². The minimum atomic E-state index is -0.857. The predicted octanol–water partition coefficient (Wildman–Crippen LogP) is 0.963. The number of aromatic nitrogens is 4. The van der Waals surface area contributed by atoms with Crippen molar-refractivity contribution in [1.29, 1.82) is 0 Å². The fourth-order valence-electron chi connectivity index (χ4n) is 1.82. The maximum atomic E-state index is 11.3. The molecule has 0 saturated carbocycles. The molecule has 0 unspecified atom stereocenters. The fourth-order valence-corrected chi connectivity index (χ4v) is 1.82. The summed E-state index contributed by atoms with van der Waals surface area (Å²) in [6.07, 6.45) is 2.52. The molecule has 7 heteroatoms. The highest BCUT2D eigenvalue weighted by molar-refractivity contribution is 5.69. The number of aliphatic hydroxyl groups excluding tert-OH is 1. The number of rotatable bonds is 6. The second kappa shape index (κ2) is 6.94. The first-order valence-corrected chi connectivity index (χ1v) is 6.75. The van der Waals surface area contributed by atoms with Gasteiger partial charge in [-0.05, 0) is 25.5 Å². The van der Waals surface area contributed by atoms with Crippen LogP contribution >= 0.6 is 0 Å². The number of hydrogen-bond donors (Lipinski definition) is 1. The Kier molecular flexibility index (Phi) is 4.99. The normalized spacial score (nSPS) is 12.1. The number of aliphatic hydroxyl groups is 1. The molecular formula is C14H18N4O3. The van der Waals surface area contributed by atoms with Crippen molar-refractivity contribution in [2.45, 2.75) is 32.9 Å². The van der Waals surface area contributed by atoms with Crippen molar-refractivity contribution in [3.63, 3.8) is 0 Å².